The quantitative estimate of drug-likeness (QED) is 0.794. The molecule has 4 heteroatoms. The van der Waals surface area contributed by atoms with Crippen LogP contribution in [-0.4, -0.2) is 24.2 Å². The van der Waals surface area contributed by atoms with Gasteiger partial charge in [-0.05, 0) is 25.2 Å². The van der Waals surface area contributed by atoms with Gasteiger partial charge in [0, 0.05) is 6.61 Å². The number of amides is 1. The molecule has 1 amide bonds. The van der Waals surface area contributed by atoms with Gasteiger partial charge in [0.25, 0.3) is 5.91 Å². The van der Waals surface area contributed by atoms with Gasteiger partial charge in [0.2, 0.25) is 0 Å². The van der Waals surface area contributed by atoms with Crippen LogP contribution in [0, 0.1) is 17.2 Å². The number of hydrogen-bond donors (Lipinski definition) is 1. The second kappa shape index (κ2) is 5.05. The van der Waals surface area contributed by atoms with E-state index in [0.717, 1.165) is 38.5 Å². The van der Waals surface area contributed by atoms with Crippen LogP contribution in [0.3, 0.4) is 0 Å². The zero-order chi connectivity index (χ0) is 12.3. The molecule has 2 atom stereocenters. The minimum atomic E-state index is -0.638. The molecule has 1 saturated carbocycles. The predicted molar refractivity (Wildman–Crippen MR) is 63.1 cm³/mol. The van der Waals surface area contributed by atoms with Crippen molar-refractivity contribution in [2.75, 3.05) is 6.61 Å². The predicted octanol–water partition coefficient (Wildman–Crippen LogP) is 1.75. The fraction of sp³-hybridized carbons (Fsp3) is 0.846. The molecule has 2 rings (SSSR count). The second-order valence-electron chi connectivity index (χ2n) is 5.30. The summed E-state index contributed by atoms with van der Waals surface area (Å²) in [6.45, 7) is 2.68. The van der Waals surface area contributed by atoms with Crippen LogP contribution >= 0.6 is 0 Å². The first kappa shape index (κ1) is 12.4. The molecule has 2 aliphatic rings. The molecule has 1 N–H and O–H groups in total. The van der Waals surface area contributed by atoms with Gasteiger partial charge in [-0.2, -0.15) is 5.26 Å². The molecular weight excluding hydrogens is 216 g/mol. The summed E-state index contributed by atoms with van der Waals surface area (Å²) in [7, 11) is 0. The maximum Gasteiger partial charge on any atom is 0.250 e. The maximum absolute atomic E-state index is 12.1. The van der Waals surface area contributed by atoms with E-state index in [2.05, 4.69) is 11.4 Å². The Hall–Kier alpha value is -1.08. The molecule has 1 saturated heterocycles. The fourth-order valence-electron chi connectivity index (χ4n) is 2.76. The summed E-state index contributed by atoms with van der Waals surface area (Å²) in [6.07, 6.45) is 5.33. The molecule has 0 aromatic heterocycles. The van der Waals surface area contributed by atoms with Crippen molar-refractivity contribution in [2.45, 2.75) is 57.1 Å². The molecule has 1 aliphatic heterocycles. The molecule has 0 bridgehead atoms. The molecule has 2 unspecified atom stereocenters. The number of carbonyl (C=O) groups excluding carboxylic acids is 1. The maximum atomic E-state index is 12.1. The Labute approximate surface area is 102 Å². The number of carbonyl (C=O) groups is 1. The summed E-state index contributed by atoms with van der Waals surface area (Å²) in [6, 6.07) is 2.30. The molecular formula is C13H20N2O2. The van der Waals surface area contributed by atoms with Crippen molar-refractivity contribution < 1.29 is 9.53 Å². The standard InChI is InChI=1S/C13H20N2O2/c1-10-5-8-17-11(10)12(16)15-13(9-14)6-3-2-4-7-13/h10-11H,2-8H2,1H3,(H,15,16). The van der Waals surface area contributed by atoms with Crippen molar-refractivity contribution in [1.82, 2.24) is 5.32 Å². The van der Waals surface area contributed by atoms with Crippen LogP contribution < -0.4 is 5.32 Å². The summed E-state index contributed by atoms with van der Waals surface area (Å²) in [5, 5.41) is 12.2. The summed E-state index contributed by atoms with van der Waals surface area (Å²) in [5.74, 6) is 0.160. The van der Waals surface area contributed by atoms with Gasteiger partial charge in [-0.15, -0.1) is 0 Å². The largest absolute Gasteiger partial charge is 0.368 e. The van der Waals surface area contributed by atoms with Crippen LogP contribution in [0.15, 0.2) is 0 Å². The summed E-state index contributed by atoms with van der Waals surface area (Å²) in [4.78, 5) is 12.1. The SMILES string of the molecule is CC1CCOC1C(=O)NC1(C#N)CCCCC1. The van der Waals surface area contributed by atoms with E-state index in [9.17, 15) is 10.1 Å². The van der Waals surface area contributed by atoms with Gasteiger partial charge < -0.3 is 10.1 Å². The highest BCUT2D eigenvalue weighted by Crippen LogP contribution is 2.29. The Morgan fingerprint density at radius 2 is 2.12 bits per heavy atom. The Morgan fingerprint density at radius 1 is 1.41 bits per heavy atom. The summed E-state index contributed by atoms with van der Waals surface area (Å²) in [5.41, 5.74) is -0.638. The molecule has 2 fully saturated rings. The van der Waals surface area contributed by atoms with Gasteiger partial charge in [-0.1, -0.05) is 26.2 Å². The molecule has 0 radical (unpaired) electrons. The third-order valence-corrected chi connectivity index (χ3v) is 3.93. The van der Waals surface area contributed by atoms with E-state index in [0.29, 0.717) is 6.61 Å². The van der Waals surface area contributed by atoms with Crippen LogP contribution in [0.4, 0.5) is 0 Å². The Morgan fingerprint density at radius 3 is 2.65 bits per heavy atom. The first-order valence-corrected chi connectivity index (χ1v) is 6.52. The van der Waals surface area contributed by atoms with E-state index in [1.165, 1.54) is 0 Å². The zero-order valence-electron chi connectivity index (χ0n) is 10.4. The van der Waals surface area contributed by atoms with Gasteiger partial charge >= 0.3 is 0 Å². The number of nitriles is 1. The van der Waals surface area contributed by atoms with Crippen molar-refractivity contribution in [3.8, 4) is 6.07 Å². The number of nitrogens with one attached hydrogen (secondary N) is 1. The molecule has 17 heavy (non-hydrogen) atoms. The molecule has 0 aromatic carbocycles. The lowest BCUT2D eigenvalue weighted by Gasteiger charge is -2.32. The molecule has 94 valence electrons. The van der Waals surface area contributed by atoms with Crippen molar-refractivity contribution in [3.05, 3.63) is 0 Å². The topological polar surface area (TPSA) is 62.1 Å². The zero-order valence-corrected chi connectivity index (χ0v) is 10.4. The summed E-state index contributed by atoms with van der Waals surface area (Å²) >= 11 is 0. The lowest BCUT2D eigenvalue weighted by atomic mass is 9.82. The van der Waals surface area contributed by atoms with E-state index in [4.69, 9.17) is 4.74 Å². The smallest absolute Gasteiger partial charge is 0.250 e. The normalized spacial score (nSPS) is 31.8. The van der Waals surface area contributed by atoms with Crippen molar-refractivity contribution in [1.29, 1.82) is 5.26 Å². The highest BCUT2D eigenvalue weighted by Gasteiger charge is 2.38. The molecule has 1 aliphatic carbocycles. The highest BCUT2D eigenvalue weighted by atomic mass is 16.5. The number of rotatable bonds is 2. The van der Waals surface area contributed by atoms with Gasteiger partial charge in [0.1, 0.15) is 11.6 Å². The highest BCUT2D eigenvalue weighted by molar-refractivity contribution is 5.82. The first-order valence-electron chi connectivity index (χ1n) is 6.52. The third kappa shape index (κ3) is 2.61. The minimum Gasteiger partial charge on any atom is -0.368 e. The molecule has 4 nitrogen and oxygen atoms in total. The minimum absolute atomic E-state index is 0.0987. The summed E-state index contributed by atoms with van der Waals surface area (Å²) < 4.78 is 5.44. The van der Waals surface area contributed by atoms with E-state index < -0.39 is 5.54 Å². The van der Waals surface area contributed by atoms with Crippen molar-refractivity contribution >= 4 is 5.91 Å². The number of nitrogens with zero attached hydrogens (tertiary/aromatic N) is 1. The van der Waals surface area contributed by atoms with Crippen LogP contribution in [0.25, 0.3) is 0 Å². The lowest BCUT2D eigenvalue weighted by molar-refractivity contribution is -0.133. The van der Waals surface area contributed by atoms with Crippen LogP contribution in [0.1, 0.15) is 45.4 Å². The molecule has 1 heterocycles. The van der Waals surface area contributed by atoms with E-state index in [1.54, 1.807) is 0 Å². The first-order chi connectivity index (χ1) is 8.17. The van der Waals surface area contributed by atoms with E-state index in [1.807, 2.05) is 6.92 Å². The fourth-order valence-corrected chi connectivity index (χ4v) is 2.76. The molecule has 0 spiro atoms. The average Bonchev–Trinajstić information content (AvgIpc) is 2.77. The second-order valence-corrected chi connectivity index (χ2v) is 5.30. The van der Waals surface area contributed by atoms with Crippen LogP contribution in [0.2, 0.25) is 0 Å². The third-order valence-electron chi connectivity index (χ3n) is 3.93. The van der Waals surface area contributed by atoms with Gasteiger partial charge in [0.15, 0.2) is 0 Å². The Balaban J connectivity index is 1.99. The van der Waals surface area contributed by atoms with Crippen molar-refractivity contribution in [2.24, 2.45) is 5.92 Å². The monoisotopic (exact) mass is 236 g/mol. The Bertz CT molecular complexity index is 329. The number of ether oxygens (including phenoxy) is 1. The van der Waals surface area contributed by atoms with Crippen LogP contribution in [0.5, 0.6) is 0 Å². The molecule has 0 aromatic rings. The lowest BCUT2D eigenvalue weighted by Crippen LogP contribution is -2.52. The van der Waals surface area contributed by atoms with Gasteiger partial charge in [-0.25, -0.2) is 0 Å². The van der Waals surface area contributed by atoms with E-state index in [-0.39, 0.29) is 17.9 Å². The number of hydrogen-bond acceptors (Lipinski definition) is 3. The van der Waals surface area contributed by atoms with Crippen LogP contribution in [-0.2, 0) is 9.53 Å². The van der Waals surface area contributed by atoms with E-state index >= 15 is 0 Å². The van der Waals surface area contributed by atoms with Gasteiger partial charge in [-0.3, -0.25) is 4.79 Å². The average molecular weight is 236 g/mol. The van der Waals surface area contributed by atoms with Crippen molar-refractivity contribution in [3.63, 3.8) is 0 Å². The van der Waals surface area contributed by atoms with Gasteiger partial charge in [0.05, 0.1) is 6.07 Å². The Kier molecular flexibility index (Phi) is 3.68.